The quantitative estimate of drug-likeness (QED) is 0.507. The van der Waals surface area contributed by atoms with Gasteiger partial charge in [-0.3, -0.25) is 4.79 Å². The van der Waals surface area contributed by atoms with Crippen molar-refractivity contribution in [3.8, 4) is 0 Å². The van der Waals surface area contributed by atoms with Gasteiger partial charge in [0.1, 0.15) is 17.5 Å². The molecule has 0 fully saturated rings. The van der Waals surface area contributed by atoms with Crippen LogP contribution in [-0.2, 0) is 11.2 Å². The van der Waals surface area contributed by atoms with E-state index in [1.165, 1.54) is 0 Å². The lowest BCUT2D eigenvalue weighted by Gasteiger charge is -2.19. The molecule has 1 aromatic heterocycles. The average molecular weight is 280 g/mol. The average Bonchev–Trinajstić information content (AvgIpc) is 2.47. The van der Waals surface area contributed by atoms with Crippen molar-refractivity contribution in [1.82, 2.24) is 14.9 Å². The number of nitrogens with one attached hydrogen (secondary N) is 2. The van der Waals surface area contributed by atoms with E-state index in [4.69, 9.17) is 5.84 Å². The molecule has 1 rings (SSSR count). The minimum absolute atomic E-state index is 0.0494. The topological polar surface area (TPSA) is 96.2 Å². The number of nitrogens with two attached hydrogens (primary N) is 1. The molecule has 0 saturated carbocycles. The Morgan fingerprint density at radius 2 is 1.80 bits per heavy atom. The minimum Gasteiger partial charge on any atom is -0.361 e. The summed E-state index contributed by atoms with van der Waals surface area (Å²) in [5.74, 6) is 7.40. The SMILES string of the molecule is CCc1nc(NN)c(C)c(NCC(=O)N(CC)CC)n1. The highest BCUT2D eigenvalue weighted by Crippen LogP contribution is 2.19. The van der Waals surface area contributed by atoms with Crippen LogP contribution in [0.2, 0.25) is 0 Å². The Balaban J connectivity index is 2.84. The van der Waals surface area contributed by atoms with Crippen molar-refractivity contribution >= 4 is 17.5 Å². The van der Waals surface area contributed by atoms with Crippen LogP contribution < -0.4 is 16.6 Å². The molecule has 20 heavy (non-hydrogen) atoms. The van der Waals surface area contributed by atoms with Gasteiger partial charge in [0.2, 0.25) is 5.91 Å². The van der Waals surface area contributed by atoms with Gasteiger partial charge in [-0.2, -0.15) is 0 Å². The smallest absolute Gasteiger partial charge is 0.241 e. The number of rotatable bonds is 7. The van der Waals surface area contributed by atoms with Gasteiger partial charge in [-0.25, -0.2) is 15.8 Å². The zero-order chi connectivity index (χ0) is 15.1. The molecule has 7 nitrogen and oxygen atoms in total. The van der Waals surface area contributed by atoms with Crippen LogP contribution in [0.15, 0.2) is 0 Å². The summed E-state index contributed by atoms with van der Waals surface area (Å²) < 4.78 is 0. The van der Waals surface area contributed by atoms with Crippen LogP contribution >= 0.6 is 0 Å². The van der Waals surface area contributed by atoms with Crippen LogP contribution in [0.5, 0.6) is 0 Å². The molecule has 0 aliphatic heterocycles. The molecule has 0 saturated heterocycles. The second-order valence-corrected chi connectivity index (χ2v) is 4.38. The summed E-state index contributed by atoms with van der Waals surface area (Å²) in [6.45, 7) is 9.37. The molecule has 0 aliphatic rings. The Morgan fingerprint density at radius 3 is 2.30 bits per heavy atom. The number of hydrazine groups is 1. The lowest BCUT2D eigenvalue weighted by Crippen LogP contribution is -2.35. The van der Waals surface area contributed by atoms with Gasteiger partial charge in [0.05, 0.1) is 6.54 Å². The maximum atomic E-state index is 12.0. The number of amides is 1. The Labute approximate surface area is 119 Å². The number of hydrogen-bond donors (Lipinski definition) is 3. The fourth-order valence-electron chi connectivity index (χ4n) is 1.88. The second-order valence-electron chi connectivity index (χ2n) is 4.38. The fourth-order valence-corrected chi connectivity index (χ4v) is 1.88. The van der Waals surface area contributed by atoms with E-state index < -0.39 is 0 Å². The van der Waals surface area contributed by atoms with E-state index in [0.717, 1.165) is 5.56 Å². The lowest BCUT2D eigenvalue weighted by molar-refractivity contribution is -0.128. The van der Waals surface area contributed by atoms with Crippen molar-refractivity contribution in [2.45, 2.75) is 34.1 Å². The van der Waals surface area contributed by atoms with Gasteiger partial charge < -0.3 is 15.6 Å². The van der Waals surface area contributed by atoms with Crippen molar-refractivity contribution in [1.29, 1.82) is 0 Å². The zero-order valence-electron chi connectivity index (χ0n) is 12.7. The molecule has 7 heteroatoms. The molecular formula is C13H24N6O. The van der Waals surface area contributed by atoms with Crippen molar-refractivity contribution < 1.29 is 4.79 Å². The molecule has 0 radical (unpaired) electrons. The van der Waals surface area contributed by atoms with Crippen molar-refractivity contribution in [3.63, 3.8) is 0 Å². The Hall–Kier alpha value is -1.89. The molecular weight excluding hydrogens is 256 g/mol. The third-order valence-electron chi connectivity index (χ3n) is 3.17. The van der Waals surface area contributed by atoms with E-state index in [9.17, 15) is 4.79 Å². The summed E-state index contributed by atoms with van der Waals surface area (Å²) in [6, 6.07) is 0. The number of anilines is 2. The van der Waals surface area contributed by atoms with Gasteiger partial charge in [0.15, 0.2) is 0 Å². The highest BCUT2D eigenvalue weighted by Gasteiger charge is 2.13. The molecule has 1 aromatic rings. The van der Waals surface area contributed by atoms with Crippen LogP contribution in [-0.4, -0.2) is 40.4 Å². The predicted molar refractivity (Wildman–Crippen MR) is 80.4 cm³/mol. The van der Waals surface area contributed by atoms with Crippen LogP contribution in [0.25, 0.3) is 0 Å². The van der Waals surface area contributed by atoms with Gasteiger partial charge in [0, 0.05) is 25.1 Å². The first kappa shape index (κ1) is 16.2. The first-order chi connectivity index (χ1) is 9.57. The van der Waals surface area contributed by atoms with Crippen LogP contribution in [0.4, 0.5) is 11.6 Å². The molecule has 0 spiro atoms. The summed E-state index contributed by atoms with van der Waals surface area (Å²) in [4.78, 5) is 22.4. The largest absolute Gasteiger partial charge is 0.361 e. The van der Waals surface area contributed by atoms with E-state index in [1.807, 2.05) is 27.7 Å². The number of nitrogen functional groups attached to an aromatic ring is 1. The number of aromatic nitrogens is 2. The molecule has 0 atom stereocenters. The van der Waals surface area contributed by atoms with E-state index in [0.29, 0.717) is 37.0 Å². The van der Waals surface area contributed by atoms with Crippen LogP contribution in [0, 0.1) is 6.92 Å². The number of aryl methyl sites for hydroxylation is 1. The van der Waals surface area contributed by atoms with E-state index in [1.54, 1.807) is 4.90 Å². The molecule has 4 N–H and O–H groups in total. The van der Waals surface area contributed by atoms with E-state index >= 15 is 0 Å². The normalized spacial score (nSPS) is 10.2. The third-order valence-corrected chi connectivity index (χ3v) is 3.17. The molecule has 1 amide bonds. The molecule has 1 heterocycles. The number of hydrogen-bond acceptors (Lipinski definition) is 6. The fraction of sp³-hybridized carbons (Fsp3) is 0.615. The van der Waals surface area contributed by atoms with Gasteiger partial charge in [-0.15, -0.1) is 0 Å². The minimum atomic E-state index is 0.0494. The molecule has 0 bridgehead atoms. The van der Waals surface area contributed by atoms with E-state index in [2.05, 4.69) is 20.7 Å². The van der Waals surface area contributed by atoms with Gasteiger partial charge >= 0.3 is 0 Å². The van der Waals surface area contributed by atoms with Crippen molar-refractivity contribution in [3.05, 3.63) is 11.4 Å². The van der Waals surface area contributed by atoms with Gasteiger partial charge in [-0.05, 0) is 20.8 Å². The molecule has 0 aliphatic carbocycles. The summed E-state index contributed by atoms with van der Waals surface area (Å²) in [5, 5.41) is 3.07. The number of carbonyl (C=O) groups excluding carboxylic acids is 1. The molecule has 0 unspecified atom stereocenters. The highest BCUT2D eigenvalue weighted by atomic mass is 16.2. The second kappa shape index (κ2) is 7.64. The Morgan fingerprint density at radius 1 is 1.20 bits per heavy atom. The maximum absolute atomic E-state index is 12.0. The van der Waals surface area contributed by atoms with Crippen LogP contribution in [0.3, 0.4) is 0 Å². The van der Waals surface area contributed by atoms with Crippen LogP contribution in [0.1, 0.15) is 32.2 Å². The van der Waals surface area contributed by atoms with Gasteiger partial charge in [-0.1, -0.05) is 6.92 Å². The molecule has 112 valence electrons. The monoisotopic (exact) mass is 280 g/mol. The Bertz CT molecular complexity index is 458. The number of nitrogens with zero attached hydrogens (tertiary/aromatic N) is 3. The number of likely N-dealkylation sites (N-methyl/N-ethyl adjacent to an activating group) is 1. The van der Waals surface area contributed by atoms with E-state index in [-0.39, 0.29) is 12.5 Å². The Kier molecular flexibility index (Phi) is 6.17. The molecule has 0 aromatic carbocycles. The van der Waals surface area contributed by atoms with Crippen molar-refractivity contribution in [2.75, 3.05) is 30.4 Å². The maximum Gasteiger partial charge on any atom is 0.241 e. The first-order valence-corrected chi connectivity index (χ1v) is 6.93. The predicted octanol–water partition coefficient (Wildman–Crippen LogP) is 0.913. The summed E-state index contributed by atoms with van der Waals surface area (Å²) >= 11 is 0. The third kappa shape index (κ3) is 3.80. The number of carbonyl (C=O) groups is 1. The first-order valence-electron chi connectivity index (χ1n) is 6.93. The lowest BCUT2D eigenvalue weighted by atomic mass is 10.3. The zero-order valence-corrected chi connectivity index (χ0v) is 12.7. The highest BCUT2D eigenvalue weighted by molar-refractivity contribution is 5.81. The van der Waals surface area contributed by atoms with Gasteiger partial charge in [0.25, 0.3) is 0 Å². The summed E-state index contributed by atoms with van der Waals surface area (Å²) in [7, 11) is 0. The summed E-state index contributed by atoms with van der Waals surface area (Å²) in [6.07, 6.45) is 0.702. The summed E-state index contributed by atoms with van der Waals surface area (Å²) in [5.41, 5.74) is 3.36. The standard InChI is InChI=1S/C13H24N6O/c1-5-10-16-12(9(4)13(17-10)18-14)15-8-11(20)19(6-2)7-3/h5-8,14H2,1-4H3,(H2,15,16,17,18). The van der Waals surface area contributed by atoms with Crippen molar-refractivity contribution in [2.24, 2.45) is 5.84 Å².